The van der Waals surface area contributed by atoms with Crippen LogP contribution >= 0.6 is 0 Å². The summed E-state index contributed by atoms with van der Waals surface area (Å²) in [5.74, 6) is 0.900. The first-order valence-electron chi connectivity index (χ1n) is 11.4. The summed E-state index contributed by atoms with van der Waals surface area (Å²) >= 11 is 0. The van der Waals surface area contributed by atoms with E-state index in [4.69, 9.17) is 4.74 Å². The van der Waals surface area contributed by atoms with Crippen LogP contribution in [0.15, 0.2) is 23.0 Å². The molecule has 2 aliphatic rings. The van der Waals surface area contributed by atoms with Crippen molar-refractivity contribution in [1.82, 2.24) is 14.9 Å². The molecule has 2 aromatic rings. The topological polar surface area (TPSA) is 90.3 Å². The van der Waals surface area contributed by atoms with Crippen molar-refractivity contribution < 1.29 is 14.3 Å². The standard InChI is InChI=1S/C24H31N3O4/c1-15-7-6-8-19(16(15)2)26-22(28)14-31-24(30)17-10-11-18-20(13-17)25-21-9-4-3-5-12-27(21)23(18)29/h10-11,13,15-16,19H,3-9,12,14H2,1-2H3,(H,26,28)/t15-,16+,19-/m0/s1. The summed E-state index contributed by atoms with van der Waals surface area (Å²) in [6.45, 7) is 4.75. The summed E-state index contributed by atoms with van der Waals surface area (Å²) in [7, 11) is 0. The maximum atomic E-state index is 12.8. The molecule has 1 N–H and O–H groups in total. The zero-order chi connectivity index (χ0) is 22.0. The highest BCUT2D eigenvalue weighted by molar-refractivity contribution is 5.95. The molecule has 0 spiro atoms. The fourth-order valence-electron chi connectivity index (χ4n) is 4.79. The SMILES string of the molecule is C[C@H]1[C@@H](NC(=O)COC(=O)c2ccc3c(=O)n4c(nc3c2)CCCCC4)CCC[C@@H]1C. The van der Waals surface area contributed by atoms with Crippen LogP contribution in [0.2, 0.25) is 0 Å². The fourth-order valence-corrected chi connectivity index (χ4v) is 4.79. The zero-order valence-electron chi connectivity index (χ0n) is 18.4. The highest BCUT2D eigenvalue weighted by Gasteiger charge is 2.28. The average Bonchev–Trinajstić information content (AvgIpc) is 3.01. The summed E-state index contributed by atoms with van der Waals surface area (Å²) in [5, 5.41) is 3.51. The number of nitrogens with one attached hydrogen (secondary N) is 1. The molecule has 7 heteroatoms. The number of aromatic nitrogens is 2. The fraction of sp³-hybridized carbons (Fsp3) is 0.583. The Labute approximate surface area is 182 Å². The Morgan fingerprint density at radius 1 is 1.16 bits per heavy atom. The van der Waals surface area contributed by atoms with E-state index in [0.29, 0.717) is 34.8 Å². The molecule has 4 rings (SSSR count). The van der Waals surface area contributed by atoms with Gasteiger partial charge in [-0.2, -0.15) is 0 Å². The van der Waals surface area contributed by atoms with Crippen molar-refractivity contribution in [1.29, 1.82) is 0 Å². The lowest BCUT2D eigenvalue weighted by Crippen LogP contribution is -2.45. The number of nitrogens with zero attached hydrogens (tertiary/aromatic N) is 2. The van der Waals surface area contributed by atoms with E-state index in [-0.39, 0.29) is 24.1 Å². The number of esters is 1. The van der Waals surface area contributed by atoms with E-state index in [1.54, 1.807) is 22.8 Å². The van der Waals surface area contributed by atoms with E-state index in [0.717, 1.165) is 44.3 Å². The van der Waals surface area contributed by atoms with Crippen molar-refractivity contribution in [3.8, 4) is 0 Å². The van der Waals surface area contributed by atoms with Crippen LogP contribution in [0.4, 0.5) is 0 Å². The van der Waals surface area contributed by atoms with E-state index in [1.165, 1.54) is 6.42 Å². The van der Waals surface area contributed by atoms with Crippen LogP contribution in [0.25, 0.3) is 10.9 Å². The summed E-state index contributed by atoms with van der Waals surface area (Å²) in [6.07, 6.45) is 7.07. The molecule has 7 nitrogen and oxygen atoms in total. The average molecular weight is 426 g/mol. The predicted molar refractivity (Wildman–Crippen MR) is 118 cm³/mol. The summed E-state index contributed by atoms with van der Waals surface area (Å²) in [4.78, 5) is 42.3. The number of carbonyl (C=O) groups is 2. The molecule has 1 amide bonds. The molecule has 2 heterocycles. The highest BCUT2D eigenvalue weighted by Crippen LogP contribution is 2.29. The molecule has 0 bridgehead atoms. The molecule has 1 aliphatic carbocycles. The monoisotopic (exact) mass is 425 g/mol. The van der Waals surface area contributed by atoms with Crippen LogP contribution in [0.5, 0.6) is 0 Å². The van der Waals surface area contributed by atoms with Gasteiger partial charge in [-0.25, -0.2) is 9.78 Å². The highest BCUT2D eigenvalue weighted by atomic mass is 16.5. The second-order valence-electron chi connectivity index (χ2n) is 9.04. The van der Waals surface area contributed by atoms with E-state index in [1.807, 2.05) is 0 Å². The van der Waals surface area contributed by atoms with Gasteiger partial charge in [-0.15, -0.1) is 0 Å². The number of benzene rings is 1. The zero-order valence-corrected chi connectivity index (χ0v) is 18.4. The van der Waals surface area contributed by atoms with Crippen molar-refractivity contribution in [3.05, 3.63) is 39.9 Å². The molecule has 0 radical (unpaired) electrons. The number of hydrogen-bond donors (Lipinski definition) is 1. The lowest BCUT2D eigenvalue weighted by atomic mass is 9.78. The number of aryl methyl sites for hydroxylation is 1. The number of ether oxygens (including phenoxy) is 1. The van der Waals surface area contributed by atoms with Gasteiger partial charge in [-0.05, 0) is 49.3 Å². The Kier molecular flexibility index (Phi) is 6.39. The Balaban J connectivity index is 1.43. The first-order valence-corrected chi connectivity index (χ1v) is 11.4. The molecule has 166 valence electrons. The van der Waals surface area contributed by atoms with Crippen molar-refractivity contribution in [2.75, 3.05) is 6.61 Å². The molecule has 1 fully saturated rings. The van der Waals surface area contributed by atoms with E-state index in [9.17, 15) is 14.4 Å². The van der Waals surface area contributed by atoms with Gasteiger partial charge in [-0.1, -0.05) is 33.1 Å². The maximum Gasteiger partial charge on any atom is 0.338 e. The van der Waals surface area contributed by atoms with Gasteiger partial charge in [0.1, 0.15) is 5.82 Å². The maximum absolute atomic E-state index is 12.8. The summed E-state index contributed by atoms with van der Waals surface area (Å²) < 4.78 is 7.00. The smallest absolute Gasteiger partial charge is 0.338 e. The van der Waals surface area contributed by atoms with Crippen LogP contribution < -0.4 is 10.9 Å². The molecule has 31 heavy (non-hydrogen) atoms. The Bertz CT molecular complexity index is 1050. The lowest BCUT2D eigenvalue weighted by Gasteiger charge is -2.34. The Morgan fingerprint density at radius 2 is 2.00 bits per heavy atom. The number of amides is 1. The van der Waals surface area contributed by atoms with Crippen LogP contribution in [-0.4, -0.2) is 34.1 Å². The minimum Gasteiger partial charge on any atom is -0.452 e. The van der Waals surface area contributed by atoms with Crippen LogP contribution in [0, 0.1) is 11.8 Å². The van der Waals surface area contributed by atoms with Crippen LogP contribution in [0.1, 0.15) is 68.6 Å². The van der Waals surface area contributed by atoms with Crippen molar-refractivity contribution in [2.45, 2.75) is 71.4 Å². The molecular formula is C24H31N3O4. The normalized spacial score (nSPS) is 23.6. The van der Waals surface area contributed by atoms with E-state index >= 15 is 0 Å². The predicted octanol–water partition coefficient (Wildman–Crippen LogP) is 3.22. The molecule has 1 aromatic carbocycles. The third-order valence-electron chi connectivity index (χ3n) is 6.94. The van der Waals surface area contributed by atoms with E-state index < -0.39 is 5.97 Å². The third-order valence-corrected chi connectivity index (χ3v) is 6.94. The van der Waals surface area contributed by atoms with Crippen LogP contribution in [0.3, 0.4) is 0 Å². The van der Waals surface area contributed by atoms with Gasteiger partial charge < -0.3 is 10.1 Å². The van der Waals surface area contributed by atoms with Crippen molar-refractivity contribution in [2.24, 2.45) is 11.8 Å². The largest absolute Gasteiger partial charge is 0.452 e. The van der Waals surface area contributed by atoms with Gasteiger partial charge in [0.2, 0.25) is 0 Å². The van der Waals surface area contributed by atoms with Gasteiger partial charge in [0, 0.05) is 19.0 Å². The first kappa shape index (κ1) is 21.5. The van der Waals surface area contributed by atoms with Gasteiger partial charge in [0.05, 0.1) is 16.5 Å². The van der Waals surface area contributed by atoms with Gasteiger partial charge in [0.15, 0.2) is 6.61 Å². The Hall–Kier alpha value is -2.70. The quantitative estimate of drug-likeness (QED) is 0.760. The van der Waals surface area contributed by atoms with E-state index in [2.05, 4.69) is 24.1 Å². The number of hydrogen-bond acceptors (Lipinski definition) is 5. The van der Waals surface area contributed by atoms with Crippen LogP contribution in [-0.2, 0) is 22.5 Å². The molecular weight excluding hydrogens is 394 g/mol. The Morgan fingerprint density at radius 3 is 2.84 bits per heavy atom. The van der Waals surface area contributed by atoms with Gasteiger partial charge >= 0.3 is 5.97 Å². The molecule has 0 unspecified atom stereocenters. The summed E-state index contributed by atoms with van der Waals surface area (Å²) in [5.41, 5.74) is 0.740. The lowest BCUT2D eigenvalue weighted by molar-refractivity contribution is -0.125. The first-order chi connectivity index (χ1) is 14.9. The van der Waals surface area contributed by atoms with Gasteiger partial charge in [0.25, 0.3) is 11.5 Å². The number of carbonyl (C=O) groups excluding carboxylic acids is 2. The van der Waals surface area contributed by atoms with Gasteiger partial charge in [-0.3, -0.25) is 14.2 Å². The molecule has 0 saturated heterocycles. The van der Waals surface area contributed by atoms with Crippen molar-refractivity contribution >= 4 is 22.8 Å². The molecule has 1 saturated carbocycles. The minimum atomic E-state index is -0.584. The van der Waals surface area contributed by atoms with Crippen molar-refractivity contribution in [3.63, 3.8) is 0 Å². The third kappa shape index (κ3) is 4.65. The second-order valence-corrected chi connectivity index (χ2v) is 9.04. The minimum absolute atomic E-state index is 0.0583. The number of fused-ring (bicyclic) bond motifs is 2. The summed E-state index contributed by atoms with van der Waals surface area (Å²) in [6, 6.07) is 4.92. The molecule has 3 atom stereocenters. The number of rotatable bonds is 4. The molecule has 1 aliphatic heterocycles. The second kappa shape index (κ2) is 9.20. The molecule has 1 aromatic heterocycles.